The topological polar surface area (TPSA) is 80.7 Å². The van der Waals surface area contributed by atoms with Gasteiger partial charge in [0.25, 0.3) is 0 Å². The zero-order chi connectivity index (χ0) is 8.98. The van der Waals surface area contributed by atoms with Crippen molar-refractivity contribution in [1.82, 2.24) is 0 Å². The third kappa shape index (κ3) is 9.94. The van der Waals surface area contributed by atoms with Gasteiger partial charge in [0.2, 0.25) is 0 Å². The van der Waals surface area contributed by atoms with Gasteiger partial charge in [-0.15, -0.1) is 0 Å². The summed E-state index contributed by atoms with van der Waals surface area (Å²) in [7, 11) is 0. The fourth-order valence-corrected chi connectivity index (χ4v) is 1.37. The van der Waals surface area contributed by atoms with Crippen molar-refractivity contribution >= 4 is 0 Å². The van der Waals surface area contributed by atoms with Crippen molar-refractivity contribution in [2.24, 2.45) is 0 Å². The van der Waals surface area contributed by atoms with E-state index in [4.69, 9.17) is 3.93 Å². The van der Waals surface area contributed by atoms with E-state index in [1.165, 1.54) is 0 Å². The Morgan fingerprint density at radius 1 is 1.27 bits per heavy atom. The van der Waals surface area contributed by atoms with Crippen LogP contribution in [0.5, 0.6) is 0 Å². The third-order valence-electron chi connectivity index (χ3n) is 0.991. The van der Waals surface area contributed by atoms with E-state index >= 15 is 0 Å². The number of hydrogen-bond donors (Lipinski definition) is 1. The standard InChI is InChI=1S/C5H11O.H2O.3O.Ru/c1-2-3-4-5-6;;;;;/h2-5H2,1H3;1H2;;;;/q-1;;;;;+2/p-1. The van der Waals surface area contributed by atoms with E-state index in [9.17, 15) is 10.7 Å². The second-order valence-electron chi connectivity index (χ2n) is 2.13. The van der Waals surface area contributed by atoms with Crippen LogP contribution >= 0.6 is 0 Å². The molecule has 0 saturated carbocycles. The predicted octanol–water partition coefficient (Wildman–Crippen LogP) is 0.742. The van der Waals surface area contributed by atoms with Gasteiger partial charge in [-0.05, 0) is 0 Å². The van der Waals surface area contributed by atoms with Gasteiger partial charge in [-0.3, -0.25) is 0 Å². The van der Waals surface area contributed by atoms with Gasteiger partial charge in [0, 0.05) is 0 Å². The second kappa shape index (κ2) is 3.56. The molecule has 0 fully saturated rings. The molecule has 6 heteroatoms. The molecule has 0 aromatic rings. The van der Waals surface area contributed by atoms with Crippen LogP contribution in [-0.4, -0.2) is 10.5 Å². The summed E-state index contributed by atoms with van der Waals surface area (Å²) >= 11 is -6.88. The minimum absolute atomic E-state index is 0.216. The van der Waals surface area contributed by atoms with E-state index in [1.54, 1.807) is 0 Å². The summed E-state index contributed by atoms with van der Waals surface area (Å²) < 4.78 is 42.0. The molecule has 5 nitrogen and oxygen atoms in total. The molecule has 0 bridgehead atoms. The molecule has 0 aromatic carbocycles. The Balaban J connectivity index is 3.67. The Morgan fingerprint density at radius 3 is 2.18 bits per heavy atom. The van der Waals surface area contributed by atoms with Gasteiger partial charge in [0.1, 0.15) is 0 Å². The summed E-state index contributed by atoms with van der Waals surface area (Å²) in [6.07, 6.45) is 2.15. The first-order valence-corrected chi connectivity index (χ1v) is 6.85. The average Bonchev–Trinajstić information content (AvgIpc) is 1.76. The molecule has 0 saturated heterocycles. The normalized spacial score (nSPS) is 15.6. The fourth-order valence-electron chi connectivity index (χ4n) is 0.524. The molecule has 0 spiro atoms. The molecule has 0 amide bonds. The molecule has 11 heavy (non-hydrogen) atoms. The molecule has 0 aliphatic heterocycles. The summed E-state index contributed by atoms with van der Waals surface area (Å²) in [5.41, 5.74) is 0. The maximum atomic E-state index is 10.0. The van der Waals surface area contributed by atoms with Crippen LogP contribution in [0.2, 0.25) is 0 Å². The molecule has 0 aromatic heterocycles. The first-order valence-electron chi connectivity index (χ1n) is 3.23. The Morgan fingerprint density at radius 2 is 1.82 bits per heavy atom. The molecule has 0 rings (SSSR count). The maximum absolute atomic E-state index is 10.0. The van der Waals surface area contributed by atoms with Crippen molar-refractivity contribution in [3.8, 4) is 0 Å². The van der Waals surface area contributed by atoms with Crippen molar-refractivity contribution < 1.29 is 32.4 Å². The van der Waals surface area contributed by atoms with E-state index in [0.717, 1.165) is 12.8 Å². The summed E-state index contributed by atoms with van der Waals surface area (Å²) in [6, 6.07) is 0. The Bertz CT molecular complexity index is 269. The van der Waals surface area contributed by atoms with Crippen molar-refractivity contribution in [1.29, 1.82) is 0 Å². The van der Waals surface area contributed by atoms with Gasteiger partial charge in [-0.1, -0.05) is 0 Å². The molecule has 0 aliphatic rings. The second-order valence-corrected chi connectivity index (χ2v) is 5.63. The van der Waals surface area contributed by atoms with Crippen molar-refractivity contribution in [3.05, 3.63) is 0 Å². The van der Waals surface area contributed by atoms with E-state index in [1.807, 2.05) is 6.92 Å². The van der Waals surface area contributed by atoms with Crippen LogP contribution in [-0.2, 0) is 28.5 Å². The Kier molecular flexibility index (Phi) is 3.54. The van der Waals surface area contributed by atoms with Crippen LogP contribution < -0.4 is 0 Å². The number of hydrogen-bond acceptors (Lipinski definition) is 4. The minimum atomic E-state index is -6.88. The first-order chi connectivity index (χ1) is 4.81. The molecule has 0 heterocycles. The summed E-state index contributed by atoms with van der Waals surface area (Å²) in [5.74, 6) is 0. The van der Waals surface area contributed by atoms with Crippen LogP contribution in [0.15, 0.2) is 0 Å². The first kappa shape index (κ1) is 10.9. The average molecular weight is 253 g/mol. The van der Waals surface area contributed by atoms with Gasteiger partial charge in [-0.2, -0.15) is 0 Å². The van der Waals surface area contributed by atoms with Crippen LogP contribution in [0.3, 0.4) is 0 Å². The molecule has 0 aliphatic carbocycles. The van der Waals surface area contributed by atoms with E-state index in [0.29, 0.717) is 6.42 Å². The van der Waals surface area contributed by atoms with E-state index in [-0.39, 0.29) is 6.61 Å². The van der Waals surface area contributed by atoms with Crippen molar-refractivity contribution in [2.45, 2.75) is 26.2 Å². The van der Waals surface area contributed by atoms with Gasteiger partial charge in [0.05, 0.1) is 0 Å². The van der Waals surface area contributed by atoms with Gasteiger partial charge >= 0.3 is 65.2 Å². The molecule has 0 unspecified atom stereocenters. The van der Waals surface area contributed by atoms with Crippen LogP contribution in [0.4, 0.5) is 0 Å². The van der Waals surface area contributed by atoms with Crippen LogP contribution in [0.25, 0.3) is 0 Å². The summed E-state index contributed by atoms with van der Waals surface area (Å²) in [6.45, 7) is 1.71. The number of unbranched alkanes of at least 4 members (excludes halogenated alkanes) is 2. The molecule has 0 radical (unpaired) electrons. The number of rotatable bonds is 5. The molecule has 70 valence electrons. The van der Waals surface area contributed by atoms with E-state index < -0.39 is 14.2 Å². The van der Waals surface area contributed by atoms with Crippen LogP contribution in [0.1, 0.15) is 26.2 Å². The third-order valence-corrected chi connectivity index (χ3v) is 2.18. The Hall–Kier alpha value is -0.0566. The quantitative estimate of drug-likeness (QED) is 0.577. The monoisotopic (exact) mass is 254 g/mol. The molecule has 1 N–H and O–H groups in total. The van der Waals surface area contributed by atoms with Crippen LogP contribution in [0, 0.1) is 0 Å². The predicted molar refractivity (Wildman–Crippen MR) is 29.8 cm³/mol. The summed E-state index contributed by atoms with van der Waals surface area (Å²) in [5, 5.41) is 0. The Labute approximate surface area is 65.7 Å². The zero-order valence-electron chi connectivity index (χ0n) is 6.26. The summed E-state index contributed by atoms with van der Waals surface area (Å²) in [4.78, 5) is 0. The van der Waals surface area contributed by atoms with Gasteiger partial charge in [-0.25, -0.2) is 0 Å². The SMILES string of the molecule is CCCCC[O][Ru](=[O])(=[O])(=[O])[OH]. The van der Waals surface area contributed by atoms with E-state index in [2.05, 4.69) is 3.56 Å². The fraction of sp³-hybridized carbons (Fsp3) is 1.00. The molecular formula is C5H12O5Ru. The van der Waals surface area contributed by atoms with Gasteiger partial charge < -0.3 is 0 Å². The molecular weight excluding hydrogens is 241 g/mol. The van der Waals surface area contributed by atoms with Gasteiger partial charge in [0.15, 0.2) is 0 Å². The molecule has 0 atom stereocenters. The van der Waals surface area contributed by atoms with Crippen molar-refractivity contribution in [2.75, 3.05) is 6.61 Å². The van der Waals surface area contributed by atoms with Crippen molar-refractivity contribution in [3.63, 3.8) is 0 Å². The zero-order valence-corrected chi connectivity index (χ0v) is 8.00.